The summed E-state index contributed by atoms with van der Waals surface area (Å²) in [5.74, 6) is 2.62. The van der Waals surface area contributed by atoms with Gasteiger partial charge >= 0.3 is 0 Å². The molecule has 2 rings (SSSR count). The average Bonchev–Trinajstić information content (AvgIpc) is 2.42. The maximum absolute atomic E-state index is 3.72. The van der Waals surface area contributed by atoms with Gasteiger partial charge in [-0.2, -0.15) is 0 Å². The predicted molar refractivity (Wildman–Crippen MR) is 63.1 cm³/mol. The Balaban J connectivity index is 2.26. The van der Waals surface area contributed by atoms with E-state index in [1.807, 2.05) is 0 Å². The van der Waals surface area contributed by atoms with Crippen LogP contribution in [0.2, 0.25) is 0 Å². The number of thioether (sulfide) groups is 2. The summed E-state index contributed by atoms with van der Waals surface area (Å²) in [4.78, 5) is 0. The van der Waals surface area contributed by atoms with Gasteiger partial charge in [0.05, 0.1) is 4.08 Å². The summed E-state index contributed by atoms with van der Waals surface area (Å²) in [6, 6.07) is 0. The second-order valence-corrected chi connectivity index (χ2v) is 8.01. The molecule has 1 aliphatic heterocycles. The summed E-state index contributed by atoms with van der Waals surface area (Å²) in [6.07, 6.45) is 3.67. The first kappa shape index (κ1) is 9.47. The molecule has 0 nitrogen and oxygen atoms in total. The second kappa shape index (κ2) is 2.96. The first-order valence-corrected chi connectivity index (χ1v) is 6.97. The van der Waals surface area contributed by atoms with Gasteiger partial charge in [-0.05, 0) is 11.8 Å². The van der Waals surface area contributed by atoms with Crippen molar-refractivity contribution < 1.29 is 0 Å². The Morgan fingerprint density at radius 1 is 1.33 bits per heavy atom. The van der Waals surface area contributed by atoms with Gasteiger partial charge in [-0.25, -0.2) is 0 Å². The van der Waals surface area contributed by atoms with E-state index in [0.717, 1.165) is 0 Å². The van der Waals surface area contributed by atoms with Gasteiger partial charge in [0.15, 0.2) is 0 Å². The van der Waals surface area contributed by atoms with E-state index in [9.17, 15) is 0 Å². The minimum atomic E-state index is 0.392. The van der Waals surface area contributed by atoms with E-state index in [1.54, 1.807) is 0 Å². The highest BCUT2D eigenvalue weighted by Gasteiger charge is 2.46. The molecule has 0 aromatic heterocycles. The molecule has 0 unspecified atom stereocenters. The molecule has 1 aliphatic carbocycles. The Hall–Kier alpha value is 0.920. The van der Waals surface area contributed by atoms with E-state index < -0.39 is 0 Å². The molecule has 68 valence electrons. The van der Waals surface area contributed by atoms with Crippen LogP contribution in [0.5, 0.6) is 0 Å². The van der Waals surface area contributed by atoms with Gasteiger partial charge < -0.3 is 0 Å². The SMILES string of the molecule is CC1(C)C=C(Br)C2(C1)SCCS2. The fourth-order valence-corrected chi connectivity index (χ4v) is 6.83. The lowest BCUT2D eigenvalue weighted by atomic mass is 9.93. The minimum Gasteiger partial charge on any atom is -0.138 e. The molecule has 1 spiro atoms. The molecule has 0 atom stereocenters. The Bertz CT molecular complexity index is 227. The second-order valence-electron chi connectivity index (χ2n) is 4.11. The molecular weight excluding hydrogens is 252 g/mol. The molecule has 1 fully saturated rings. The third-order valence-electron chi connectivity index (χ3n) is 2.32. The molecule has 12 heavy (non-hydrogen) atoms. The van der Waals surface area contributed by atoms with Crippen LogP contribution in [-0.4, -0.2) is 15.6 Å². The van der Waals surface area contributed by atoms with E-state index in [2.05, 4.69) is 59.4 Å². The van der Waals surface area contributed by atoms with E-state index in [4.69, 9.17) is 0 Å². The predicted octanol–water partition coefficient (Wildman–Crippen LogP) is 3.87. The van der Waals surface area contributed by atoms with Crippen molar-refractivity contribution >= 4 is 39.5 Å². The summed E-state index contributed by atoms with van der Waals surface area (Å²) >= 11 is 7.94. The largest absolute Gasteiger partial charge is 0.138 e. The molecule has 1 saturated heterocycles. The van der Waals surface area contributed by atoms with Crippen LogP contribution in [0.1, 0.15) is 20.3 Å². The van der Waals surface area contributed by atoms with E-state index in [1.165, 1.54) is 22.4 Å². The van der Waals surface area contributed by atoms with Crippen LogP contribution in [0.3, 0.4) is 0 Å². The van der Waals surface area contributed by atoms with Gasteiger partial charge in [-0.3, -0.25) is 0 Å². The lowest BCUT2D eigenvalue weighted by Crippen LogP contribution is -2.17. The highest BCUT2D eigenvalue weighted by Crippen LogP contribution is 2.61. The molecule has 0 amide bonds. The number of hydrogen-bond acceptors (Lipinski definition) is 2. The first-order valence-electron chi connectivity index (χ1n) is 4.21. The smallest absolute Gasteiger partial charge is 0.0929 e. The minimum absolute atomic E-state index is 0.392. The Labute approximate surface area is 91.1 Å². The molecule has 3 heteroatoms. The zero-order valence-electron chi connectivity index (χ0n) is 7.39. The molecule has 0 aromatic carbocycles. The van der Waals surface area contributed by atoms with Crippen molar-refractivity contribution in [2.24, 2.45) is 5.41 Å². The number of halogens is 1. The molecule has 0 bridgehead atoms. The summed E-state index contributed by atoms with van der Waals surface area (Å²) in [5, 5.41) is 0. The first-order chi connectivity index (χ1) is 5.54. The zero-order chi connectivity index (χ0) is 8.82. The van der Waals surface area contributed by atoms with Crippen molar-refractivity contribution in [2.45, 2.75) is 24.3 Å². The average molecular weight is 265 g/mol. The van der Waals surface area contributed by atoms with Gasteiger partial charge in [0.2, 0.25) is 0 Å². The van der Waals surface area contributed by atoms with E-state index in [-0.39, 0.29) is 0 Å². The number of hydrogen-bond donors (Lipinski definition) is 0. The van der Waals surface area contributed by atoms with Crippen LogP contribution in [0.25, 0.3) is 0 Å². The van der Waals surface area contributed by atoms with Crippen LogP contribution >= 0.6 is 39.5 Å². The summed E-state index contributed by atoms with van der Waals surface area (Å²) in [5.41, 5.74) is 0.392. The molecular formula is C9H13BrS2. The molecule has 0 aromatic rings. The van der Waals surface area contributed by atoms with Crippen molar-refractivity contribution in [3.05, 3.63) is 10.6 Å². The maximum Gasteiger partial charge on any atom is 0.0929 e. The summed E-state index contributed by atoms with van der Waals surface area (Å²) in [6.45, 7) is 4.64. The van der Waals surface area contributed by atoms with Crippen LogP contribution in [0.4, 0.5) is 0 Å². The Kier molecular flexibility index (Phi) is 2.34. The van der Waals surface area contributed by atoms with Gasteiger partial charge in [0, 0.05) is 16.0 Å². The quantitative estimate of drug-likeness (QED) is 0.652. The lowest BCUT2D eigenvalue weighted by molar-refractivity contribution is 0.467. The highest BCUT2D eigenvalue weighted by atomic mass is 79.9. The summed E-state index contributed by atoms with van der Waals surface area (Å²) in [7, 11) is 0. The highest BCUT2D eigenvalue weighted by molar-refractivity contribution is 9.12. The third-order valence-corrected chi connectivity index (χ3v) is 7.20. The topological polar surface area (TPSA) is 0 Å². The van der Waals surface area contributed by atoms with Crippen LogP contribution in [-0.2, 0) is 0 Å². The molecule has 0 radical (unpaired) electrons. The summed E-state index contributed by atoms with van der Waals surface area (Å²) < 4.78 is 1.82. The molecule has 0 N–H and O–H groups in total. The third kappa shape index (κ3) is 1.48. The van der Waals surface area contributed by atoms with Gasteiger partial charge in [0.25, 0.3) is 0 Å². The van der Waals surface area contributed by atoms with E-state index in [0.29, 0.717) is 9.49 Å². The fourth-order valence-electron chi connectivity index (χ4n) is 1.88. The van der Waals surface area contributed by atoms with Crippen molar-refractivity contribution in [1.82, 2.24) is 0 Å². The monoisotopic (exact) mass is 264 g/mol. The Morgan fingerprint density at radius 2 is 1.92 bits per heavy atom. The number of rotatable bonds is 0. The van der Waals surface area contributed by atoms with E-state index >= 15 is 0 Å². The standard InChI is InChI=1S/C9H13BrS2/c1-8(2)5-7(10)9(6-8)11-3-4-12-9/h5H,3-4,6H2,1-2H3. The zero-order valence-corrected chi connectivity index (χ0v) is 10.6. The van der Waals surface area contributed by atoms with Gasteiger partial charge in [0.1, 0.15) is 0 Å². The fraction of sp³-hybridized carbons (Fsp3) is 0.778. The molecule has 0 saturated carbocycles. The van der Waals surface area contributed by atoms with Gasteiger partial charge in [-0.1, -0.05) is 35.9 Å². The van der Waals surface area contributed by atoms with Crippen molar-refractivity contribution in [1.29, 1.82) is 0 Å². The molecule has 2 aliphatic rings. The van der Waals surface area contributed by atoms with Crippen LogP contribution < -0.4 is 0 Å². The molecule has 1 heterocycles. The van der Waals surface area contributed by atoms with Gasteiger partial charge in [-0.15, -0.1) is 23.5 Å². The van der Waals surface area contributed by atoms with Crippen LogP contribution in [0, 0.1) is 5.41 Å². The Morgan fingerprint density at radius 3 is 2.33 bits per heavy atom. The normalized spacial score (nSPS) is 31.1. The van der Waals surface area contributed by atoms with Crippen molar-refractivity contribution in [3.63, 3.8) is 0 Å². The maximum atomic E-state index is 3.72. The number of allylic oxidation sites excluding steroid dienone is 1. The van der Waals surface area contributed by atoms with Crippen LogP contribution in [0.15, 0.2) is 10.6 Å². The lowest BCUT2D eigenvalue weighted by Gasteiger charge is -2.25. The van der Waals surface area contributed by atoms with Crippen molar-refractivity contribution in [3.8, 4) is 0 Å². The van der Waals surface area contributed by atoms with Crippen molar-refractivity contribution in [2.75, 3.05) is 11.5 Å².